The van der Waals surface area contributed by atoms with E-state index in [-0.39, 0.29) is 24.0 Å². The van der Waals surface area contributed by atoms with Gasteiger partial charge >= 0.3 is 0 Å². The van der Waals surface area contributed by atoms with Crippen molar-refractivity contribution in [3.63, 3.8) is 0 Å². The van der Waals surface area contributed by atoms with Crippen molar-refractivity contribution in [3.05, 3.63) is 29.8 Å². The predicted molar refractivity (Wildman–Crippen MR) is 114 cm³/mol. The molecule has 0 aliphatic rings. The molecule has 6 heteroatoms. The summed E-state index contributed by atoms with van der Waals surface area (Å²) in [6, 6.07) is 8.22. The van der Waals surface area contributed by atoms with Crippen molar-refractivity contribution in [1.82, 2.24) is 15.1 Å². The monoisotopic (exact) mass is 448 g/mol. The van der Waals surface area contributed by atoms with E-state index in [1.165, 1.54) is 18.4 Å². The van der Waals surface area contributed by atoms with Crippen LogP contribution in [0.5, 0.6) is 5.75 Å². The van der Waals surface area contributed by atoms with Crippen LogP contribution in [0.3, 0.4) is 0 Å². The molecule has 0 heterocycles. The maximum atomic E-state index is 5.78. The molecule has 0 unspecified atom stereocenters. The van der Waals surface area contributed by atoms with Crippen molar-refractivity contribution in [2.24, 2.45) is 4.99 Å². The summed E-state index contributed by atoms with van der Waals surface area (Å²) in [6.45, 7) is 5.58. The second kappa shape index (κ2) is 13.3. The van der Waals surface area contributed by atoms with E-state index < -0.39 is 0 Å². The highest BCUT2D eigenvalue weighted by molar-refractivity contribution is 14.0. The zero-order chi connectivity index (χ0) is 17.1. The van der Waals surface area contributed by atoms with Crippen LogP contribution in [-0.4, -0.2) is 63.6 Å². The molecule has 24 heavy (non-hydrogen) atoms. The third kappa shape index (κ3) is 9.32. The minimum Gasteiger partial charge on any atom is -0.492 e. The van der Waals surface area contributed by atoms with E-state index in [1.807, 2.05) is 33.3 Å². The molecule has 1 N–H and O–H groups in total. The van der Waals surface area contributed by atoms with Gasteiger partial charge in [-0.3, -0.25) is 4.99 Å². The Kier molecular flexibility index (Phi) is 12.7. The summed E-state index contributed by atoms with van der Waals surface area (Å²) in [5.74, 6) is 1.85. The van der Waals surface area contributed by atoms with Crippen LogP contribution in [-0.2, 0) is 6.54 Å². The number of rotatable bonds is 9. The van der Waals surface area contributed by atoms with Crippen molar-refractivity contribution in [1.29, 1.82) is 0 Å². The van der Waals surface area contributed by atoms with E-state index in [4.69, 9.17) is 4.74 Å². The van der Waals surface area contributed by atoms with E-state index in [9.17, 15) is 0 Å². The van der Waals surface area contributed by atoms with Gasteiger partial charge in [0.2, 0.25) is 0 Å². The third-order valence-electron chi connectivity index (χ3n) is 3.58. The fraction of sp³-hybridized carbons (Fsp3) is 0.611. The minimum atomic E-state index is 0. The number of aliphatic imine (C=N–C) groups is 1. The zero-order valence-corrected chi connectivity index (χ0v) is 18.0. The van der Waals surface area contributed by atoms with Gasteiger partial charge in [-0.25, -0.2) is 0 Å². The lowest BCUT2D eigenvalue weighted by atomic mass is 10.2. The molecule has 0 aliphatic heterocycles. The summed E-state index contributed by atoms with van der Waals surface area (Å²) in [4.78, 5) is 8.62. The molecule has 0 saturated heterocycles. The van der Waals surface area contributed by atoms with Gasteiger partial charge in [-0.15, -0.1) is 24.0 Å². The number of benzene rings is 1. The first-order valence-electron chi connectivity index (χ1n) is 8.35. The van der Waals surface area contributed by atoms with Crippen LogP contribution in [0.2, 0.25) is 0 Å². The molecule has 5 nitrogen and oxygen atoms in total. The topological polar surface area (TPSA) is 40.1 Å². The number of likely N-dealkylation sites (N-methyl/N-ethyl adjacent to an activating group) is 1. The summed E-state index contributed by atoms with van der Waals surface area (Å²) in [6.07, 6.45) is 2.36. The first-order valence-corrected chi connectivity index (χ1v) is 8.35. The molecule has 1 rings (SSSR count). The lowest BCUT2D eigenvalue weighted by Crippen LogP contribution is -2.38. The highest BCUT2D eigenvalue weighted by Crippen LogP contribution is 2.13. The molecular weight excluding hydrogens is 415 g/mol. The van der Waals surface area contributed by atoms with Gasteiger partial charge in [-0.1, -0.05) is 25.5 Å². The molecule has 0 amide bonds. The van der Waals surface area contributed by atoms with Crippen molar-refractivity contribution in [2.45, 2.75) is 26.3 Å². The molecule has 0 atom stereocenters. The van der Waals surface area contributed by atoms with Crippen LogP contribution in [0.4, 0.5) is 0 Å². The van der Waals surface area contributed by atoms with Crippen LogP contribution in [0.15, 0.2) is 29.3 Å². The Morgan fingerprint density at radius 1 is 1.21 bits per heavy atom. The summed E-state index contributed by atoms with van der Waals surface area (Å²) < 4.78 is 5.78. The van der Waals surface area contributed by atoms with Crippen molar-refractivity contribution < 1.29 is 4.74 Å². The van der Waals surface area contributed by atoms with E-state index in [0.717, 1.165) is 31.3 Å². The SMILES string of the molecule is CCCCN(C)C(=NC)NCc1cccc(OCCN(C)C)c1.I. The van der Waals surface area contributed by atoms with Crippen LogP contribution >= 0.6 is 24.0 Å². The largest absolute Gasteiger partial charge is 0.492 e. The number of hydrogen-bond acceptors (Lipinski definition) is 3. The fourth-order valence-electron chi connectivity index (χ4n) is 2.16. The number of halogens is 1. The van der Waals surface area contributed by atoms with E-state index >= 15 is 0 Å². The molecule has 138 valence electrons. The molecule has 0 spiro atoms. The van der Waals surface area contributed by atoms with E-state index in [2.05, 4.69) is 46.2 Å². The van der Waals surface area contributed by atoms with E-state index in [1.54, 1.807) is 0 Å². The molecular formula is C18H33IN4O. The molecule has 0 fully saturated rings. The Labute approximate surface area is 164 Å². The number of unbranched alkanes of at least 4 members (excludes halogenated alkanes) is 1. The van der Waals surface area contributed by atoms with Crippen molar-refractivity contribution in [2.75, 3.05) is 47.9 Å². The number of guanidine groups is 1. The summed E-state index contributed by atoms with van der Waals surface area (Å²) in [5.41, 5.74) is 1.19. The highest BCUT2D eigenvalue weighted by atomic mass is 127. The maximum absolute atomic E-state index is 5.78. The summed E-state index contributed by atoms with van der Waals surface area (Å²) >= 11 is 0. The molecule has 0 radical (unpaired) electrons. The second-order valence-electron chi connectivity index (χ2n) is 5.98. The number of hydrogen-bond donors (Lipinski definition) is 1. The zero-order valence-electron chi connectivity index (χ0n) is 15.7. The fourth-order valence-corrected chi connectivity index (χ4v) is 2.16. The Bertz CT molecular complexity index is 480. The average Bonchev–Trinajstić information content (AvgIpc) is 2.53. The average molecular weight is 448 g/mol. The molecule has 0 aromatic heterocycles. The van der Waals surface area contributed by atoms with Crippen molar-refractivity contribution in [3.8, 4) is 5.75 Å². The molecule has 1 aromatic carbocycles. The molecule has 0 bridgehead atoms. The maximum Gasteiger partial charge on any atom is 0.193 e. The Morgan fingerprint density at radius 3 is 2.58 bits per heavy atom. The first kappa shape index (κ1) is 23.0. The summed E-state index contributed by atoms with van der Waals surface area (Å²) in [7, 11) is 7.99. The molecule has 0 saturated carbocycles. The van der Waals surface area contributed by atoms with Gasteiger partial charge in [-0.05, 0) is 38.2 Å². The Balaban J connectivity index is 0.00000529. The lowest BCUT2D eigenvalue weighted by Gasteiger charge is -2.22. The predicted octanol–water partition coefficient (Wildman–Crippen LogP) is 3.05. The number of nitrogens with one attached hydrogen (secondary N) is 1. The summed E-state index contributed by atoms with van der Waals surface area (Å²) in [5, 5.41) is 3.41. The van der Waals surface area contributed by atoms with Gasteiger partial charge in [0.1, 0.15) is 12.4 Å². The van der Waals surface area contributed by atoms with E-state index in [0.29, 0.717) is 6.61 Å². The third-order valence-corrected chi connectivity index (χ3v) is 3.58. The Hall–Kier alpha value is -1.02. The Morgan fingerprint density at radius 2 is 1.96 bits per heavy atom. The second-order valence-corrected chi connectivity index (χ2v) is 5.98. The van der Waals surface area contributed by atoms with Crippen LogP contribution in [0.25, 0.3) is 0 Å². The van der Waals surface area contributed by atoms with Gasteiger partial charge in [-0.2, -0.15) is 0 Å². The van der Waals surface area contributed by atoms with Gasteiger partial charge in [0.05, 0.1) is 0 Å². The first-order chi connectivity index (χ1) is 11.1. The quantitative estimate of drug-likeness (QED) is 0.358. The lowest BCUT2D eigenvalue weighted by molar-refractivity contribution is 0.261. The van der Waals surface area contributed by atoms with Gasteiger partial charge in [0, 0.05) is 33.7 Å². The van der Waals surface area contributed by atoms with Crippen LogP contribution in [0.1, 0.15) is 25.3 Å². The van der Waals surface area contributed by atoms with Crippen LogP contribution < -0.4 is 10.1 Å². The van der Waals surface area contributed by atoms with Crippen LogP contribution in [0, 0.1) is 0 Å². The normalized spacial score (nSPS) is 11.2. The number of ether oxygens (including phenoxy) is 1. The molecule has 1 aromatic rings. The smallest absolute Gasteiger partial charge is 0.193 e. The molecule has 0 aliphatic carbocycles. The van der Waals surface area contributed by atoms with Gasteiger partial charge < -0.3 is 19.9 Å². The minimum absolute atomic E-state index is 0. The van der Waals surface area contributed by atoms with Gasteiger partial charge in [0.15, 0.2) is 5.96 Å². The highest BCUT2D eigenvalue weighted by Gasteiger charge is 2.05. The number of nitrogens with zero attached hydrogens (tertiary/aromatic N) is 3. The van der Waals surface area contributed by atoms with Crippen molar-refractivity contribution >= 4 is 29.9 Å². The van der Waals surface area contributed by atoms with Gasteiger partial charge in [0.25, 0.3) is 0 Å². The standard InChI is InChI=1S/C18H32N4O.HI/c1-6-7-11-22(5)18(19-2)20-15-16-9-8-10-17(14-16)23-13-12-21(3)4;/h8-10,14H,6-7,11-13,15H2,1-5H3,(H,19,20);1H.